The van der Waals surface area contributed by atoms with Gasteiger partial charge in [0.2, 0.25) is 4.80 Å². The number of nitrogens with zero attached hydrogens (tertiary/aromatic N) is 3. The highest BCUT2D eigenvalue weighted by atomic mass is 32.1. The number of para-hydroxylation sites is 1. The van der Waals surface area contributed by atoms with E-state index in [1.807, 2.05) is 0 Å². The highest BCUT2D eigenvalue weighted by Crippen LogP contribution is 2.46. The van der Waals surface area contributed by atoms with Crippen molar-refractivity contribution in [3.8, 4) is 16.9 Å². The van der Waals surface area contributed by atoms with Gasteiger partial charge >= 0.3 is 0 Å². The van der Waals surface area contributed by atoms with E-state index in [1.165, 1.54) is 28.8 Å². The minimum atomic E-state index is 0.210. The second kappa shape index (κ2) is 11.2. The zero-order chi connectivity index (χ0) is 26.7. The SMILES string of the molecule is c1ccc(-c2cs/c(=N\N=C3C4CCCC3[C@H](c3ccccc3)N[C@@H]4c3ccccc3)n2-c2ccccc2)cc1. The van der Waals surface area contributed by atoms with E-state index in [-0.39, 0.29) is 12.1 Å². The molecule has 4 atom stereocenters. The van der Waals surface area contributed by atoms with Gasteiger partial charge in [0.25, 0.3) is 0 Å². The van der Waals surface area contributed by atoms with Gasteiger partial charge in [-0.25, -0.2) is 0 Å². The van der Waals surface area contributed by atoms with Gasteiger partial charge in [-0.05, 0) is 41.7 Å². The zero-order valence-electron chi connectivity index (χ0n) is 22.3. The van der Waals surface area contributed by atoms with Gasteiger partial charge in [0.05, 0.1) is 11.4 Å². The molecule has 0 radical (unpaired) electrons. The minimum Gasteiger partial charge on any atom is -0.302 e. The fourth-order valence-corrected chi connectivity index (χ4v) is 7.33. The predicted octanol–water partition coefficient (Wildman–Crippen LogP) is 7.96. The van der Waals surface area contributed by atoms with Gasteiger partial charge in [-0.15, -0.1) is 16.4 Å². The van der Waals surface area contributed by atoms with E-state index >= 15 is 0 Å². The van der Waals surface area contributed by atoms with Gasteiger partial charge < -0.3 is 5.32 Å². The molecule has 1 saturated heterocycles. The Morgan fingerprint density at radius 3 is 1.73 bits per heavy atom. The lowest BCUT2D eigenvalue weighted by atomic mass is 9.67. The summed E-state index contributed by atoms with van der Waals surface area (Å²) in [5.74, 6) is 0.646. The first-order chi connectivity index (χ1) is 19.9. The summed E-state index contributed by atoms with van der Waals surface area (Å²) in [5.41, 5.74) is 7.28. The molecule has 2 fully saturated rings. The fourth-order valence-electron chi connectivity index (χ4n) is 6.47. The van der Waals surface area contributed by atoms with Crippen molar-refractivity contribution in [3.05, 3.63) is 143 Å². The average Bonchev–Trinajstić information content (AvgIpc) is 3.46. The number of piperidine rings is 1. The van der Waals surface area contributed by atoms with E-state index in [2.05, 4.69) is 137 Å². The number of fused-ring (bicyclic) bond motifs is 2. The summed E-state index contributed by atoms with van der Waals surface area (Å²) in [6.45, 7) is 0. The predicted molar refractivity (Wildman–Crippen MR) is 164 cm³/mol. The molecule has 1 aromatic heterocycles. The number of rotatable bonds is 5. The second-order valence-electron chi connectivity index (χ2n) is 10.7. The first kappa shape index (κ1) is 24.9. The zero-order valence-corrected chi connectivity index (χ0v) is 23.1. The van der Waals surface area contributed by atoms with Gasteiger partial charge in [0.15, 0.2) is 0 Å². The van der Waals surface area contributed by atoms with Crippen molar-refractivity contribution >= 4 is 17.0 Å². The summed E-state index contributed by atoms with van der Waals surface area (Å²) in [7, 11) is 0. The third-order valence-electron chi connectivity index (χ3n) is 8.31. The molecule has 0 amide bonds. The molecule has 2 heterocycles. The summed E-state index contributed by atoms with van der Waals surface area (Å²) >= 11 is 1.65. The number of benzene rings is 4. The van der Waals surface area contributed by atoms with E-state index in [1.54, 1.807) is 11.3 Å². The molecule has 2 aliphatic rings. The average molecular weight is 541 g/mol. The summed E-state index contributed by atoms with van der Waals surface area (Å²) in [4.78, 5) is 0.890. The lowest BCUT2D eigenvalue weighted by Crippen LogP contribution is -2.50. The van der Waals surface area contributed by atoms with Crippen LogP contribution in [0, 0.1) is 11.8 Å². The van der Waals surface area contributed by atoms with E-state index in [0.29, 0.717) is 11.8 Å². The molecule has 4 aromatic carbocycles. The molecular weight excluding hydrogens is 508 g/mol. The smallest absolute Gasteiger partial charge is 0.215 e. The monoisotopic (exact) mass is 540 g/mol. The van der Waals surface area contributed by atoms with Crippen LogP contribution in [-0.2, 0) is 0 Å². The molecule has 1 saturated carbocycles. The van der Waals surface area contributed by atoms with E-state index in [0.717, 1.165) is 29.0 Å². The van der Waals surface area contributed by atoms with Crippen LogP contribution in [0.3, 0.4) is 0 Å². The molecular formula is C35H32N4S. The Hall–Kier alpha value is -4.06. The van der Waals surface area contributed by atoms with Crippen LogP contribution in [0.4, 0.5) is 0 Å². The molecule has 1 N–H and O–H groups in total. The van der Waals surface area contributed by atoms with Crippen molar-refractivity contribution in [1.82, 2.24) is 9.88 Å². The summed E-state index contributed by atoms with van der Waals surface area (Å²) in [6.07, 6.45) is 3.46. The third kappa shape index (κ3) is 4.76. The number of thiazole rings is 1. The molecule has 5 heteroatoms. The van der Waals surface area contributed by atoms with E-state index in [4.69, 9.17) is 10.2 Å². The standard InChI is InChI=1S/C35H32N4S/c1-5-14-25(15-6-1)31-24-40-35(39(31)28-20-11-4-12-21-28)38-37-34-29-22-13-23-30(34)33(27-18-9-3-10-19-27)36-32(29)26-16-7-2-8-17-26/h1-12,14-21,24,29-30,32-33,36H,13,22-23H2/b37-34?,38-35-/t29?,30?,32-,33+. The molecule has 1 aliphatic carbocycles. The normalized spacial score (nSPS) is 23.8. The lowest BCUT2D eigenvalue weighted by Gasteiger charge is -2.47. The van der Waals surface area contributed by atoms with Crippen LogP contribution < -0.4 is 10.1 Å². The minimum absolute atomic E-state index is 0.210. The Kier molecular flexibility index (Phi) is 6.99. The first-order valence-electron chi connectivity index (χ1n) is 14.2. The highest BCUT2D eigenvalue weighted by molar-refractivity contribution is 7.07. The quantitative estimate of drug-likeness (QED) is 0.226. The number of nitrogens with one attached hydrogen (secondary N) is 1. The molecule has 2 bridgehead atoms. The summed E-state index contributed by atoms with van der Waals surface area (Å²) in [5, 5.41) is 16.5. The maximum absolute atomic E-state index is 5.17. The van der Waals surface area contributed by atoms with Crippen LogP contribution >= 0.6 is 11.3 Å². The second-order valence-corrected chi connectivity index (χ2v) is 11.5. The molecule has 7 rings (SSSR count). The molecule has 2 unspecified atom stereocenters. The molecule has 40 heavy (non-hydrogen) atoms. The van der Waals surface area contributed by atoms with Crippen molar-refractivity contribution in [2.45, 2.75) is 31.3 Å². The Balaban J connectivity index is 1.37. The Morgan fingerprint density at radius 2 is 1.15 bits per heavy atom. The van der Waals surface area contributed by atoms with E-state index in [9.17, 15) is 0 Å². The van der Waals surface area contributed by atoms with Crippen molar-refractivity contribution < 1.29 is 0 Å². The molecule has 1 aliphatic heterocycles. The van der Waals surface area contributed by atoms with E-state index < -0.39 is 0 Å². The maximum atomic E-state index is 5.17. The van der Waals surface area contributed by atoms with Crippen LogP contribution in [0.15, 0.2) is 137 Å². The van der Waals surface area contributed by atoms with Gasteiger partial charge in [-0.2, -0.15) is 5.10 Å². The number of hydrogen-bond acceptors (Lipinski definition) is 4. The molecule has 198 valence electrons. The third-order valence-corrected chi connectivity index (χ3v) is 9.13. The first-order valence-corrected chi connectivity index (χ1v) is 15.0. The Labute approximate surface area is 239 Å². The molecule has 0 spiro atoms. The topological polar surface area (TPSA) is 41.7 Å². The lowest BCUT2D eigenvalue weighted by molar-refractivity contribution is 0.233. The Bertz CT molecular complexity index is 1600. The van der Waals surface area contributed by atoms with Crippen LogP contribution in [-0.4, -0.2) is 10.3 Å². The van der Waals surface area contributed by atoms with Crippen LogP contribution in [0.1, 0.15) is 42.5 Å². The highest BCUT2D eigenvalue weighted by Gasteiger charge is 2.45. The largest absolute Gasteiger partial charge is 0.302 e. The fraction of sp³-hybridized carbons (Fsp3) is 0.200. The van der Waals surface area contributed by atoms with Crippen molar-refractivity contribution in [3.63, 3.8) is 0 Å². The van der Waals surface area contributed by atoms with Crippen molar-refractivity contribution in [1.29, 1.82) is 0 Å². The number of aromatic nitrogens is 1. The van der Waals surface area contributed by atoms with Gasteiger partial charge in [0.1, 0.15) is 0 Å². The van der Waals surface area contributed by atoms with Crippen LogP contribution in [0.5, 0.6) is 0 Å². The molecule has 4 nitrogen and oxygen atoms in total. The summed E-state index contributed by atoms with van der Waals surface area (Å²) in [6, 6.07) is 43.2. The van der Waals surface area contributed by atoms with Gasteiger partial charge in [-0.1, -0.05) is 116 Å². The van der Waals surface area contributed by atoms with Crippen LogP contribution in [0.25, 0.3) is 16.9 Å². The maximum Gasteiger partial charge on any atom is 0.215 e. The van der Waals surface area contributed by atoms with Crippen LogP contribution in [0.2, 0.25) is 0 Å². The van der Waals surface area contributed by atoms with Gasteiger partial charge in [-0.3, -0.25) is 4.57 Å². The van der Waals surface area contributed by atoms with Crippen molar-refractivity contribution in [2.75, 3.05) is 0 Å². The Morgan fingerprint density at radius 1 is 0.625 bits per heavy atom. The summed E-state index contributed by atoms with van der Waals surface area (Å²) < 4.78 is 2.24. The number of hydrogen-bond donors (Lipinski definition) is 1. The molecule has 5 aromatic rings. The van der Waals surface area contributed by atoms with Gasteiger partial charge in [0, 0.05) is 35.0 Å². The van der Waals surface area contributed by atoms with Crippen molar-refractivity contribution in [2.24, 2.45) is 22.0 Å².